The Balaban J connectivity index is 1.15. The van der Waals surface area contributed by atoms with Gasteiger partial charge in [0.25, 0.3) is 0 Å². The van der Waals surface area contributed by atoms with Crippen molar-refractivity contribution >= 4 is 23.4 Å². The number of carbonyl (C=O) groups is 1. The van der Waals surface area contributed by atoms with Gasteiger partial charge in [0.2, 0.25) is 11.9 Å². The minimum Gasteiger partial charge on any atom is -0.507 e. The fourth-order valence-electron chi connectivity index (χ4n) is 6.55. The van der Waals surface area contributed by atoms with E-state index in [4.69, 9.17) is 21.4 Å². The van der Waals surface area contributed by atoms with Crippen LogP contribution in [0.1, 0.15) is 56.4 Å². The van der Waals surface area contributed by atoms with E-state index in [0.29, 0.717) is 35.3 Å². The number of nitrogen functional groups attached to an aromatic ring is 1. The van der Waals surface area contributed by atoms with Gasteiger partial charge in [0.1, 0.15) is 5.75 Å². The Kier molecular flexibility index (Phi) is 6.47. The van der Waals surface area contributed by atoms with E-state index in [-0.39, 0.29) is 23.7 Å². The molecule has 3 fully saturated rings. The first-order valence-corrected chi connectivity index (χ1v) is 13.5. The van der Waals surface area contributed by atoms with Gasteiger partial charge in [0, 0.05) is 49.6 Å². The molecule has 10 nitrogen and oxygen atoms in total. The van der Waals surface area contributed by atoms with Crippen molar-refractivity contribution in [3.05, 3.63) is 48.3 Å². The Morgan fingerprint density at radius 3 is 2.32 bits per heavy atom. The van der Waals surface area contributed by atoms with Crippen molar-refractivity contribution in [3.8, 4) is 17.0 Å². The lowest BCUT2D eigenvalue weighted by Gasteiger charge is -2.42. The van der Waals surface area contributed by atoms with Crippen molar-refractivity contribution in [2.75, 3.05) is 28.6 Å². The first-order valence-electron chi connectivity index (χ1n) is 13.5. The second-order valence-corrected chi connectivity index (χ2v) is 10.9. The molecular formula is C28H34N8O2. The number of benzene rings is 1. The SMILES string of the molecule is NC(=O)C[C@H]1CC[C@H](c2cnc(N3C4CCC3CN(c3cc(-c5ccccc5O)nnc3N)C4)nc2)CC1. The Morgan fingerprint density at radius 2 is 1.66 bits per heavy atom. The van der Waals surface area contributed by atoms with Crippen LogP contribution in [0.4, 0.5) is 17.5 Å². The van der Waals surface area contributed by atoms with Gasteiger partial charge in [-0.1, -0.05) is 12.1 Å². The predicted octanol–water partition coefficient (Wildman–Crippen LogP) is 3.23. The van der Waals surface area contributed by atoms with Crippen LogP contribution in [-0.4, -0.2) is 56.4 Å². The number of aromatic hydroxyl groups is 1. The van der Waals surface area contributed by atoms with Crippen molar-refractivity contribution in [1.29, 1.82) is 0 Å². The number of anilines is 3. The summed E-state index contributed by atoms with van der Waals surface area (Å²) in [5.41, 5.74) is 14.9. The van der Waals surface area contributed by atoms with E-state index in [1.54, 1.807) is 12.1 Å². The number of phenolic OH excluding ortho intramolecular Hbond substituents is 1. The van der Waals surface area contributed by atoms with Gasteiger partial charge < -0.3 is 26.4 Å². The van der Waals surface area contributed by atoms with E-state index in [2.05, 4.69) is 20.0 Å². The Morgan fingerprint density at radius 1 is 0.974 bits per heavy atom. The number of nitrogens with zero attached hydrogens (tertiary/aromatic N) is 6. The summed E-state index contributed by atoms with van der Waals surface area (Å²) in [5, 5.41) is 18.7. The zero-order valence-corrected chi connectivity index (χ0v) is 21.4. The van der Waals surface area contributed by atoms with Crippen LogP contribution in [0, 0.1) is 5.92 Å². The number of para-hydroxylation sites is 1. The molecule has 38 heavy (non-hydrogen) atoms. The molecule has 5 N–H and O–H groups in total. The van der Waals surface area contributed by atoms with E-state index in [1.807, 2.05) is 30.6 Å². The molecule has 1 saturated carbocycles. The summed E-state index contributed by atoms with van der Waals surface area (Å²) in [4.78, 5) is 25.5. The first-order chi connectivity index (χ1) is 18.5. The first kappa shape index (κ1) is 24.4. The Hall–Kier alpha value is -3.95. The lowest BCUT2D eigenvalue weighted by Crippen LogP contribution is -2.54. The van der Waals surface area contributed by atoms with E-state index in [1.165, 1.54) is 5.56 Å². The molecule has 2 bridgehead atoms. The lowest BCUT2D eigenvalue weighted by atomic mass is 9.78. The normalized spacial score (nSPS) is 24.9. The molecule has 2 saturated heterocycles. The molecule has 2 atom stereocenters. The third-order valence-electron chi connectivity index (χ3n) is 8.50. The molecular weight excluding hydrogens is 480 g/mol. The molecule has 3 aromatic rings. The van der Waals surface area contributed by atoms with Gasteiger partial charge in [-0.3, -0.25) is 4.79 Å². The molecule has 2 aliphatic heterocycles. The number of carbonyl (C=O) groups excluding carboxylic acids is 1. The zero-order valence-electron chi connectivity index (χ0n) is 21.4. The highest BCUT2D eigenvalue weighted by Crippen LogP contribution is 2.39. The number of piperazine rings is 1. The molecule has 10 heteroatoms. The van der Waals surface area contributed by atoms with Crippen LogP contribution in [0.5, 0.6) is 5.75 Å². The van der Waals surface area contributed by atoms with Crippen molar-refractivity contribution in [2.45, 2.75) is 62.9 Å². The van der Waals surface area contributed by atoms with Crippen LogP contribution in [0.3, 0.4) is 0 Å². The van der Waals surface area contributed by atoms with Crippen molar-refractivity contribution < 1.29 is 9.90 Å². The maximum absolute atomic E-state index is 11.2. The van der Waals surface area contributed by atoms with Crippen LogP contribution in [0.15, 0.2) is 42.7 Å². The molecule has 198 valence electrons. The van der Waals surface area contributed by atoms with E-state index < -0.39 is 0 Å². The highest BCUT2D eigenvalue weighted by molar-refractivity contribution is 5.75. The van der Waals surface area contributed by atoms with Crippen molar-refractivity contribution in [2.24, 2.45) is 11.7 Å². The average molecular weight is 515 g/mol. The van der Waals surface area contributed by atoms with Crippen molar-refractivity contribution in [3.63, 3.8) is 0 Å². The zero-order chi connectivity index (χ0) is 26.2. The van der Waals surface area contributed by atoms with Crippen LogP contribution < -0.4 is 21.3 Å². The molecule has 0 radical (unpaired) electrons. The molecule has 2 unspecified atom stereocenters. The minimum absolute atomic E-state index is 0.168. The number of amides is 1. The quantitative estimate of drug-likeness (QED) is 0.451. The molecule has 0 spiro atoms. The molecule has 1 amide bonds. The summed E-state index contributed by atoms with van der Waals surface area (Å²) < 4.78 is 0. The Bertz CT molecular complexity index is 1290. The summed E-state index contributed by atoms with van der Waals surface area (Å²) in [6.07, 6.45) is 10.8. The van der Waals surface area contributed by atoms with Crippen molar-refractivity contribution in [1.82, 2.24) is 20.2 Å². The average Bonchev–Trinajstić information content (AvgIpc) is 3.18. The van der Waals surface area contributed by atoms with E-state index in [0.717, 1.165) is 63.3 Å². The number of phenols is 1. The molecule has 3 aliphatic rings. The third-order valence-corrected chi connectivity index (χ3v) is 8.50. The predicted molar refractivity (Wildman–Crippen MR) is 146 cm³/mol. The van der Waals surface area contributed by atoms with Gasteiger partial charge >= 0.3 is 0 Å². The van der Waals surface area contributed by atoms with Crippen LogP contribution in [0.25, 0.3) is 11.3 Å². The summed E-state index contributed by atoms with van der Waals surface area (Å²) >= 11 is 0. The fourth-order valence-corrected chi connectivity index (χ4v) is 6.55. The summed E-state index contributed by atoms with van der Waals surface area (Å²) in [6, 6.07) is 9.62. The molecule has 2 aromatic heterocycles. The molecule has 1 aliphatic carbocycles. The maximum Gasteiger partial charge on any atom is 0.225 e. The molecule has 6 rings (SSSR count). The fraction of sp³-hybridized carbons (Fsp3) is 0.464. The Labute approximate surface area is 222 Å². The number of nitrogens with two attached hydrogens (primary N) is 2. The highest BCUT2D eigenvalue weighted by Gasteiger charge is 2.42. The number of aromatic nitrogens is 4. The standard InChI is InChI=1S/C28H34N8O2/c29-26(38)11-17-5-7-18(8-6-17)19-13-31-28(32-14-19)36-20-9-10-21(36)16-35(15-20)24-12-23(33-34-27(24)30)22-3-1-2-4-25(22)37/h1-4,12-14,17-18,20-21,37H,5-11,15-16H2,(H2,29,38)(H2,30,34)/t17-,18-,20?,21?. The second kappa shape index (κ2) is 10.1. The van der Waals surface area contributed by atoms with Gasteiger partial charge in [-0.25, -0.2) is 9.97 Å². The minimum atomic E-state index is -0.199. The summed E-state index contributed by atoms with van der Waals surface area (Å²) in [7, 11) is 0. The number of primary amides is 1. The van der Waals surface area contributed by atoms with E-state index in [9.17, 15) is 9.90 Å². The van der Waals surface area contributed by atoms with Gasteiger partial charge in [0.15, 0.2) is 5.82 Å². The number of hydrogen-bond donors (Lipinski definition) is 3. The van der Waals surface area contributed by atoms with Gasteiger partial charge in [-0.05, 0) is 74.1 Å². The van der Waals surface area contributed by atoms with Gasteiger partial charge in [-0.2, -0.15) is 0 Å². The van der Waals surface area contributed by atoms with Gasteiger partial charge in [-0.15, -0.1) is 10.2 Å². The number of rotatable bonds is 6. The largest absolute Gasteiger partial charge is 0.507 e. The maximum atomic E-state index is 11.2. The molecule has 4 heterocycles. The highest BCUT2D eigenvalue weighted by atomic mass is 16.3. The lowest BCUT2D eigenvalue weighted by molar-refractivity contribution is -0.119. The van der Waals surface area contributed by atoms with Gasteiger partial charge in [0.05, 0.1) is 11.4 Å². The second-order valence-electron chi connectivity index (χ2n) is 10.9. The summed E-state index contributed by atoms with van der Waals surface area (Å²) in [5.74, 6) is 2.01. The topological polar surface area (TPSA) is 147 Å². The summed E-state index contributed by atoms with van der Waals surface area (Å²) in [6.45, 7) is 1.59. The number of hydrogen-bond acceptors (Lipinski definition) is 9. The smallest absolute Gasteiger partial charge is 0.225 e. The molecule has 1 aromatic carbocycles. The third kappa shape index (κ3) is 4.70. The van der Waals surface area contributed by atoms with Crippen LogP contribution in [-0.2, 0) is 4.79 Å². The van der Waals surface area contributed by atoms with Crippen LogP contribution in [0.2, 0.25) is 0 Å². The number of fused-ring (bicyclic) bond motifs is 2. The monoisotopic (exact) mass is 514 g/mol. The van der Waals surface area contributed by atoms with E-state index >= 15 is 0 Å². The van der Waals surface area contributed by atoms with Crippen LogP contribution >= 0.6 is 0 Å².